The topological polar surface area (TPSA) is 83.0 Å². The number of nitrogens with zero attached hydrogens (tertiary/aromatic N) is 4. The number of fused-ring (bicyclic) bond motifs is 1. The molecule has 3 heterocycles. The summed E-state index contributed by atoms with van der Waals surface area (Å²) in [6.45, 7) is 9.48. The molecule has 0 radical (unpaired) electrons. The van der Waals surface area contributed by atoms with Crippen molar-refractivity contribution in [2.45, 2.75) is 30.1 Å². The smallest absolute Gasteiger partial charge is 0.260 e. The number of halogens is 1. The molecule has 2 saturated heterocycles. The molecule has 0 N–H and O–H groups in total. The standard InChI is InChI=1S/C28H36N4O4S3.ClH/c1-20-16-21(2)19-31(18-20)39(34,35)24-7-4-22(5-8-24)27(33)32(11-10-30-12-14-36-15-13-30)28-29-25-9-6-23(37-3)17-26(25)38-28;/h4-9,17,20-21H,10-16,18-19H2,1-3H3;1H. The summed E-state index contributed by atoms with van der Waals surface area (Å²) in [7, 11) is -3.61. The number of amides is 1. The molecule has 3 aromatic rings. The molecular formula is C28H37ClN4O4S3. The second-order valence-electron chi connectivity index (χ2n) is 10.5. The molecule has 2 fully saturated rings. The van der Waals surface area contributed by atoms with Crippen molar-refractivity contribution < 1.29 is 17.9 Å². The van der Waals surface area contributed by atoms with Crippen molar-refractivity contribution in [3.63, 3.8) is 0 Å². The first-order valence-electron chi connectivity index (χ1n) is 13.4. The minimum Gasteiger partial charge on any atom is -0.379 e. The zero-order valence-electron chi connectivity index (χ0n) is 23.1. The van der Waals surface area contributed by atoms with E-state index in [1.165, 1.54) is 11.3 Å². The molecule has 0 saturated carbocycles. The SMILES string of the molecule is CSc1ccc2nc(N(CCN3CCOCC3)C(=O)c3ccc(S(=O)(=O)N4CC(C)CC(C)C4)cc3)sc2c1.Cl. The van der Waals surface area contributed by atoms with Crippen LogP contribution in [0.2, 0.25) is 0 Å². The fraction of sp³-hybridized carbons (Fsp3) is 0.500. The van der Waals surface area contributed by atoms with E-state index in [4.69, 9.17) is 9.72 Å². The molecule has 218 valence electrons. The molecule has 1 amide bonds. The Morgan fingerprint density at radius 3 is 2.42 bits per heavy atom. The molecule has 0 aliphatic carbocycles. The quantitative estimate of drug-likeness (QED) is 0.323. The molecule has 2 unspecified atom stereocenters. The first kappa shape index (κ1) is 31.2. The molecule has 12 heteroatoms. The molecule has 2 aromatic carbocycles. The maximum Gasteiger partial charge on any atom is 0.260 e. The van der Waals surface area contributed by atoms with Gasteiger partial charge in [-0.1, -0.05) is 25.2 Å². The lowest BCUT2D eigenvalue weighted by molar-refractivity contribution is 0.0391. The van der Waals surface area contributed by atoms with Gasteiger partial charge in [-0.25, -0.2) is 13.4 Å². The molecule has 0 bridgehead atoms. The van der Waals surface area contributed by atoms with E-state index >= 15 is 0 Å². The lowest BCUT2D eigenvalue weighted by Gasteiger charge is -2.34. The lowest BCUT2D eigenvalue weighted by atomic mass is 9.94. The van der Waals surface area contributed by atoms with Crippen LogP contribution in [0.1, 0.15) is 30.6 Å². The van der Waals surface area contributed by atoms with Gasteiger partial charge in [0.1, 0.15) is 0 Å². The van der Waals surface area contributed by atoms with Crippen molar-refractivity contribution in [2.75, 3.05) is 63.6 Å². The number of thioether (sulfide) groups is 1. The second-order valence-corrected chi connectivity index (χ2v) is 14.4. The fourth-order valence-electron chi connectivity index (χ4n) is 5.36. The largest absolute Gasteiger partial charge is 0.379 e. The van der Waals surface area contributed by atoms with Crippen molar-refractivity contribution in [1.82, 2.24) is 14.2 Å². The summed E-state index contributed by atoms with van der Waals surface area (Å²) < 4.78 is 34.8. The van der Waals surface area contributed by atoms with Crippen LogP contribution >= 0.6 is 35.5 Å². The van der Waals surface area contributed by atoms with Gasteiger partial charge in [0.2, 0.25) is 10.0 Å². The number of piperidine rings is 1. The van der Waals surface area contributed by atoms with Gasteiger partial charge in [-0.3, -0.25) is 14.6 Å². The number of aromatic nitrogens is 1. The molecule has 8 nitrogen and oxygen atoms in total. The Labute approximate surface area is 251 Å². The minimum absolute atomic E-state index is 0. The van der Waals surface area contributed by atoms with E-state index < -0.39 is 10.0 Å². The minimum atomic E-state index is -3.61. The van der Waals surface area contributed by atoms with Crippen LogP contribution in [-0.4, -0.2) is 87.3 Å². The van der Waals surface area contributed by atoms with Crippen LogP contribution in [0.3, 0.4) is 0 Å². The average molecular weight is 625 g/mol. The van der Waals surface area contributed by atoms with E-state index in [0.717, 1.165) is 34.6 Å². The summed E-state index contributed by atoms with van der Waals surface area (Å²) in [4.78, 5) is 24.1. The van der Waals surface area contributed by atoms with Crippen LogP contribution in [0, 0.1) is 11.8 Å². The number of ether oxygens (including phenoxy) is 1. The second kappa shape index (κ2) is 13.5. The maximum absolute atomic E-state index is 13.9. The molecule has 2 atom stereocenters. The summed E-state index contributed by atoms with van der Waals surface area (Å²) in [5.41, 5.74) is 1.31. The van der Waals surface area contributed by atoms with Crippen LogP contribution in [-0.2, 0) is 14.8 Å². The Morgan fingerprint density at radius 1 is 1.10 bits per heavy atom. The average Bonchev–Trinajstić information content (AvgIpc) is 3.36. The van der Waals surface area contributed by atoms with E-state index in [1.807, 2.05) is 18.4 Å². The van der Waals surface area contributed by atoms with Gasteiger partial charge in [0, 0.05) is 49.7 Å². The van der Waals surface area contributed by atoms with E-state index in [1.54, 1.807) is 45.2 Å². The molecular weight excluding hydrogens is 588 g/mol. The van der Waals surface area contributed by atoms with Crippen molar-refractivity contribution in [3.05, 3.63) is 48.0 Å². The Bertz CT molecular complexity index is 1400. The van der Waals surface area contributed by atoms with E-state index in [9.17, 15) is 13.2 Å². The molecule has 40 heavy (non-hydrogen) atoms. The number of morpholine rings is 1. The summed E-state index contributed by atoms with van der Waals surface area (Å²) in [5.74, 6) is 0.465. The van der Waals surface area contributed by atoms with Gasteiger partial charge in [-0.2, -0.15) is 4.31 Å². The highest BCUT2D eigenvalue weighted by molar-refractivity contribution is 7.98. The first-order chi connectivity index (χ1) is 18.7. The van der Waals surface area contributed by atoms with Crippen molar-refractivity contribution >= 4 is 66.8 Å². The van der Waals surface area contributed by atoms with E-state index in [-0.39, 0.29) is 23.2 Å². The Kier molecular flexibility index (Phi) is 10.5. The van der Waals surface area contributed by atoms with Crippen LogP contribution in [0.15, 0.2) is 52.3 Å². The van der Waals surface area contributed by atoms with Gasteiger partial charge in [0.25, 0.3) is 5.91 Å². The predicted molar refractivity (Wildman–Crippen MR) is 166 cm³/mol. The number of hydrogen-bond donors (Lipinski definition) is 0. The Balaban J connectivity index is 0.00000370. The van der Waals surface area contributed by atoms with Crippen LogP contribution in [0.5, 0.6) is 0 Å². The number of anilines is 1. The van der Waals surface area contributed by atoms with Crippen LogP contribution in [0.4, 0.5) is 5.13 Å². The highest BCUT2D eigenvalue weighted by atomic mass is 35.5. The highest BCUT2D eigenvalue weighted by Crippen LogP contribution is 2.33. The van der Waals surface area contributed by atoms with Gasteiger partial charge in [0.15, 0.2) is 5.13 Å². The summed E-state index contributed by atoms with van der Waals surface area (Å²) >= 11 is 3.18. The van der Waals surface area contributed by atoms with Crippen LogP contribution < -0.4 is 4.90 Å². The van der Waals surface area contributed by atoms with E-state index in [0.29, 0.717) is 61.9 Å². The molecule has 1 aromatic heterocycles. The summed E-state index contributed by atoms with van der Waals surface area (Å²) in [6.07, 6.45) is 3.07. The van der Waals surface area contributed by atoms with Crippen LogP contribution in [0.25, 0.3) is 10.2 Å². The number of carbonyl (C=O) groups is 1. The third-order valence-corrected chi connectivity index (χ3v) is 11.0. The van der Waals surface area contributed by atoms with Gasteiger partial charge in [-0.05, 0) is 67.0 Å². The zero-order valence-corrected chi connectivity index (χ0v) is 26.4. The Hall–Kier alpha value is -1.73. The van der Waals surface area contributed by atoms with Crippen molar-refractivity contribution in [2.24, 2.45) is 11.8 Å². The number of thiazole rings is 1. The Morgan fingerprint density at radius 2 is 1.77 bits per heavy atom. The van der Waals surface area contributed by atoms with Gasteiger partial charge < -0.3 is 4.74 Å². The normalized spacial score (nSPS) is 20.8. The van der Waals surface area contributed by atoms with E-state index in [2.05, 4.69) is 24.8 Å². The molecule has 2 aliphatic heterocycles. The predicted octanol–water partition coefficient (Wildman–Crippen LogP) is 5.09. The summed E-state index contributed by atoms with van der Waals surface area (Å²) in [5, 5.41) is 0.648. The number of sulfonamides is 1. The molecule has 0 spiro atoms. The third-order valence-electron chi connectivity index (χ3n) is 7.38. The zero-order chi connectivity index (χ0) is 27.6. The number of carbonyl (C=O) groups excluding carboxylic acids is 1. The molecule has 5 rings (SSSR count). The summed E-state index contributed by atoms with van der Waals surface area (Å²) in [6, 6.07) is 12.5. The van der Waals surface area contributed by atoms with Crippen molar-refractivity contribution in [3.8, 4) is 0 Å². The monoisotopic (exact) mass is 624 g/mol. The maximum atomic E-state index is 13.9. The highest BCUT2D eigenvalue weighted by Gasteiger charge is 2.32. The fourth-order valence-corrected chi connectivity index (χ4v) is 8.59. The van der Waals surface area contributed by atoms with Gasteiger partial charge >= 0.3 is 0 Å². The van der Waals surface area contributed by atoms with Gasteiger partial charge in [-0.15, -0.1) is 24.2 Å². The first-order valence-corrected chi connectivity index (χ1v) is 16.9. The third kappa shape index (κ3) is 7.00. The molecule has 2 aliphatic rings. The number of hydrogen-bond acceptors (Lipinski definition) is 8. The van der Waals surface area contributed by atoms with Gasteiger partial charge in [0.05, 0.1) is 28.3 Å². The number of benzene rings is 2. The van der Waals surface area contributed by atoms with Crippen molar-refractivity contribution in [1.29, 1.82) is 0 Å². The number of rotatable bonds is 8. The lowest BCUT2D eigenvalue weighted by Crippen LogP contribution is -2.43.